The Morgan fingerprint density at radius 1 is 1.40 bits per heavy atom. The van der Waals surface area contributed by atoms with Gasteiger partial charge in [-0.1, -0.05) is 17.7 Å². The summed E-state index contributed by atoms with van der Waals surface area (Å²) in [5, 5.41) is 5.98. The van der Waals surface area contributed by atoms with Gasteiger partial charge in [0.15, 0.2) is 0 Å². The van der Waals surface area contributed by atoms with Gasteiger partial charge in [-0.2, -0.15) is 0 Å². The Hall–Kier alpha value is -0.900. The maximum absolute atomic E-state index is 5.80. The van der Waals surface area contributed by atoms with Crippen molar-refractivity contribution in [3.8, 4) is 0 Å². The second kappa shape index (κ2) is 4.75. The predicted molar refractivity (Wildman–Crippen MR) is 64.5 cm³/mol. The molecule has 2 nitrogen and oxygen atoms in total. The Bertz CT molecular complexity index is 411. The van der Waals surface area contributed by atoms with Crippen molar-refractivity contribution < 1.29 is 0 Å². The van der Waals surface area contributed by atoms with E-state index in [2.05, 4.69) is 21.7 Å². The third kappa shape index (κ3) is 2.37. The maximum atomic E-state index is 5.80. The third-order valence-electron chi connectivity index (χ3n) is 2.16. The lowest BCUT2D eigenvalue weighted by molar-refractivity contribution is 0.682. The molecule has 0 fully saturated rings. The van der Waals surface area contributed by atoms with Gasteiger partial charge in [-0.05, 0) is 30.6 Å². The van der Waals surface area contributed by atoms with Gasteiger partial charge < -0.3 is 5.32 Å². The SMILES string of the molecule is CNC(c1ccc(Cl)cn1)c1cccs1. The summed E-state index contributed by atoms with van der Waals surface area (Å²) in [5.41, 5.74) is 0.990. The van der Waals surface area contributed by atoms with E-state index in [-0.39, 0.29) is 6.04 Å². The van der Waals surface area contributed by atoms with Crippen LogP contribution in [0.5, 0.6) is 0 Å². The van der Waals surface area contributed by atoms with Crippen molar-refractivity contribution in [2.45, 2.75) is 6.04 Å². The molecule has 0 spiro atoms. The second-order valence-corrected chi connectivity index (χ2v) is 4.55. The van der Waals surface area contributed by atoms with E-state index < -0.39 is 0 Å². The fraction of sp³-hybridized carbons (Fsp3) is 0.182. The minimum Gasteiger partial charge on any atom is -0.307 e. The van der Waals surface area contributed by atoms with Gasteiger partial charge in [-0.3, -0.25) is 4.98 Å². The molecular formula is C11H11ClN2S. The molecule has 0 bridgehead atoms. The molecule has 15 heavy (non-hydrogen) atoms. The molecule has 0 aliphatic heterocycles. The molecule has 0 aliphatic rings. The van der Waals surface area contributed by atoms with Crippen molar-refractivity contribution in [3.05, 3.63) is 51.4 Å². The van der Waals surface area contributed by atoms with Gasteiger partial charge in [0.05, 0.1) is 16.8 Å². The summed E-state index contributed by atoms with van der Waals surface area (Å²) in [5.74, 6) is 0. The van der Waals surface area contributed by atoms with Crippen LogP contribution in [0.25, 0.3) is 0 Å². The highest BCUT2D eigenvalue weighted by molar-refractivity contribution is 7.10. The van der Waals surface area contributed by atoms with Gasteiger partial charge in [-0.25, -0.2) is 0 Å². The van der Waals surface area contributed by atoms with Gasteiger partial charge in [0.2, 0.25) is 0 Å². The summed E-state index contributed by atoms with van der Waals surface area (Å²) < 4.78 is 0. The van der Waals surface area contributed by atoms with Crippen LogP contribution in [0.15, 0.2) is 35.8 Å². The Kier molecular flexibility index (Phi) is 3.36. The quantitative estimate of drug-likeness (QED) is 0.889. The van der Waals surface area contributed by atoms with E-state index in [4.69, 9.17) is 11.6 Å². The van der Waals surface area contributed by atoms with Crippen molar-refractivity contribution in [2.75, 3.05) is 7.05 Å². The Labute approximate surface area is 97.9 Å². The molecule has 78 valence electrons. The van der Waals surface area contributed by atoms with Crippen LogP contribution in [-0.2, 0) is 0 Å². The number of aromatic nitrogens is 1. The second-order valence-electron chi connectivity index (χ2n) is 3.14. The highest BCUT2D eigenvalue weighted by Gasteiger charge is 2.13. The van der Waals surface area contributed by atoms with Crippen molar-refractivity contribution in [1.82, 2.24) is 10.3 Å². The number of halogens is 1. The Morgan fingerprint density at radius 3 is 2.80 bits per heavy atom. The fourth-order valence-corrected chi connectivity index (χ4v) is 2.41. The number of pyridine rings is 1. The molecule has 1 atom stereocenters. The van der Waals surface area contributed by atoms with Crippen LogP contribution in [0, 0.1) is 0 Å². The molecule has 0 radical (unpaired) electrons. The lowest BCUT2D eigenvalue weighted by Gasteiger charge is -2.13. The van der Waals surface area contributed by atoms with E-state index in [0.717, 1.165) is 5.69 Å². The molecule has 0 aliphatic carbocycles. The molecular weight excluding hydrogens is 228 g/mol. The lowest BCUT2D eigenvalue weighted by Crippen LogP contribution is -2.17. The number of nitrogens with one attached hydrogen (secondary N) is 1. The molecule has 0 saturated carbocycles. The van der Waals surface area contributed by atoms with Crippen molar-refractivity contribution in [2.24, 2.45) is 0 Å². The van der Waals surface area contributed by atoms with E-state index in [1.807, 2.05) is 25.2 Å². The number of hydrogen-bond donors (Lipinski definition) is 1. The van der Waals surface area contributed by atoms with Crippen molar-refractivity contribution >= 4 is 22.9 Å². The first-order valence-electron chi connectivity index (χ1n) is 4.63. The molecule has 4 heteroatoms. The van der Waals surface area contributed by atoms with Gasteiger partial charge in [-0.15, -0.1) is 11.3 Å². The van der Waals surface area contributed by atoms with Crippen LogP contribution < -0.4 is 5.32 Å². The highest BCUT2D eigenvalue weighted by Crippen LogP contribution is 2.24. The smallest absolute Gasteiger partial charge is 0.0842 e. The average Bonchev–Trinajstić information content (AvgIpc) is 2.75. The third-order valence-corrected chi connectivity index (χ3v) is 3.32. The molecule has 2 aromatic rings. The fourth-order valence-electron chi connectivity index (χ4n) is 1.45. The average molecular weight is 239 g/mol. The Balaban J connectivity index is 2.31. The first kappa shape index (κ1) is 10.6. The molecule has 2 heterocycles. The topological polar surface area (TPSA) is 24.9 Å². The monoisotopic (exact) mass is 238 g/mol. The molecule has 0 saturated heterocycles. The lowest BCUT2D eigenvalue weighted by atomic mass is 10.1. The summed E-state index contributed by atoms with van der Waals surface area (Å²) in [6, 6.07) is 8.11. The highest BCUT2D eigenvalue weighted by atomic mass is 35.5. The van der Waals surface area contributed by atoms with Gasteiger partial charge in [0.1, 0.15) is 0 Å². The zero-order valence-corrected chi connectivity index (χ0v) is 9.85. The van der Waals surface area contributed by atoms with Gasteiger partial charge >= 0.3 is 0 Å². The first-order valence-corrected chi connectivity index (χ1v) is 5.89. The summed E-state index contributed by atoms with van der Waals surface area (Å²) in [7, 11) is 1.93. The van der Waals surface area contributed by atoms with Crippen LogP contribution in [-0.4, -0.2) is 12.0 Å². The Morgan fingerprint density at radius 2 is 2.27 bits per heavy atom. The standard InChI is InChI=1S/C11H11ClN2S/c1-13-11(10-3-2-6-15-10)9-5-4-8(12)7-14-9/h2-7,11,13H,1H3. The number of thiophene rings is 1. The normalized spacial score (nSPS) is 12.7. The van der Waals surface area contributed by atoms with Crippen LogP contribution in [0.4, 0.5) is 0 Å². The van der Waals surface area contributed by atoms with E-state index in [1.165, 1.54) is 4.88 Å². The number of nitrogens with zero attached hydrogens (tertiary/aromatic N) is 1. The summed E-state index contributed by atoms with van der Waals surface area (Å²) in [4.78, 5) is 5.57. The molecule has 1 N–H and O–H groups in total. The first-order chi connectivity index (χ1) is 7.31. The van der Waals surface area contributed by atoms with Gasteiger partial charge in [0.25, 0.3) is 0 Å². The zero-order chi connectivity index (χ0) is 10.7. The van der Waals surface area contributed by atoms with Crippen LogP contribution in [0.3, 0.4) is 0 Å². The van der Waals surface area contributed by atoms with Crippen LogP contribution in [0.1, 0.15) is 16.6 Å². The number of rotatable bonds is 3. The van der Waals surface area contributed by atoms with E-state index in [0.29, 0.717) is 5.02 Å². The largest absolute Gasteiger partial charge is 0.307 e. The zero-order valence-electron chi connectivity index (χ0n) is 8.27. The minimum absolute atomic E-state index is 0.155. The van der Waals surface area contributed by atoms with Crippen molar-refractivity contribution in [1.29, 1.82) is 0 Å². The summed E-state index contributed by atoms with van der Waals surface area (Å²) in [6.45, 7) is 0. The number of hydrogen-bond acceptors (Lipinski definition) is 3. The van der Waals surface area contributed by atoms with E-state index >= 15 is 0 Å². The molecule has 1 unspecified atom stereocenters. The van der Waals surface area contributed by atoms with Crippen molar-refractivity contribution in [3.63, 3.8) is 0 Å². The maximum Gasteiger partial charge on any atom is 0.0842 e. The minimum atomic E-state index is 0.155. The summed E-state index contributed by atoms with van der Waals surface area (Å²) >= 11 is 7.52. The molecule has 2 aromatic heterocycles. The molecule has 0 aromatic carbocycles. The predicted octanol–water partition coefficient (Wildman–Crippen LogP) is 3.11. The molecule has 0 amide bonds. The molecule has 2 rings (SSSR count). The van der Waals surface area contributed by atoms with E-state index in [1.54, 1.807) is 17.5 Å². The summed E-state index contributed by atoms with van der Waals surface area (Å²) in [6.07, 6.45) is 1.68. The van der Waals surface area contributed by atoms with Crippen LogP contribution in [0.2, 0.25) is 5.02 Å². The van der Waals surface area contributed by atoms with Crippen LogP contribution >= 0.6 is 22.9 Å². The van der Waals surface area contributed by atoms with Gasteiger partial charge in [0, 0.05) is 11.1 Å². The van der Waals surface area contributed by atoms with E-state index in [9.17, 15) is 0 Å².